The summed E-state index contributed by atoms with van der Waals surface area (Å²) in [5.74, 6) is -2.15. The van der Waals surface area contributed by atoms with Crippen molar-refractivity contribution in [3.05, 3.63) is 21.9 Å². The summed E-state index contributed by atoms with van der Waals surface area (Å²) >= 11 is 1.35. The van der Waals surface area contributed by atoms with Crippen molar-refractivity contribution >= 4 is 40.9 Å². The number of Topliss-reactive ketones (excluding diaryl/α,β-unsaturated/α-hetero) is 1. The summed E-state index contributed by atoms with van der Waals surface area (Å²) in [6, 6.07) is 2.85. The number of nitrogens with zero attached hydrogens (tertiary/aromatic N) is 1. The number of esters is 1. The highest BCUT2D eigenvalue weighted by molar-refractivity contribution is 7.14. The molecule has 0 unspecified atom stereocenters. The zero-order valence-electron chi connectivity index (χ0n) is 16.1. The summed E-state index contributed by atoms with van der Waals surface area (Å²) in [7, 11) is 0. The summed E-state index contributed by atoms with van der Waals surface area (Å²) in [6.45, 7) is 1.24. The fourth-order valence-electron chi connectivity index (χ4n) is 3.51. The Kier molecular flexibility index (Phi) is 6.31. The molecule has 3 rings (SSSR count). The molecule has 2 heterocycles. The van der Waals surface area contributed by atoms with Gasteiger partial charge in [0.25, 0.3) is 11.8 Å². The lowest BCUT2D eigenvalue weighted by Gasteiger charge is -2.30. The lowest BCUT2D eigenvalue weighted by molar-refractivity contribution is -0.150. The molecule has 1 aliphatic carbocycles. The smallest absolute Gasteiger partial charge is 0.344 e. The number of ether oxygens (including phenoxy) is 1. The first-order valence-corrected chi connectivity index (χ1v) is 10.3. The van der Waals surface area contributed by atoms with Gasteiger partial charge in [-0.1, -0.05) is 19.3 Å². The molecule has 2 fully saturated rings. The second-order valence-corrected chi connectivity index (χ2v) is 8.53. The highest BCUT2D eigenvalue weighted by atomic mass is 32.1. The van der Waals surface area contributed by atoms with E-state index in [0.29, 0.717) is 22.7 Å². The molecule has 2 N–H and O–H groups in total. The van der Waals surface area contributed by atoms with Crippen molar-refractivity contribution in [2.24, 2.45) is 0 Å². The van der Waals surface area contributed by atoms with Crippen molar-refractivity contribution in [1.82, 2.24) is 15.8 Å². The van der Waals surface area contributed by atoms with Crippen molar-refractivity contribution in [2.45, 2.75) is 57.4 Å². The highest BCUT2D eigenvalue weighted by Crippen LogP contribution is 2.32. The Hall–Kier alpha value is -2.75. The number of hydrogen-bond donors (Lipinski definition) is 2. The molecule has 0 radical (unpaired) electrons. The van der Waals surface area contributed by atoms with Gasteiger partial charge in [0.1, 0.15) is 5.54 Å². The predicted molar refractivity (Wildman–Crippen MR) is 103 cm³/mol. The van der Waals surface area contributed by atoms with E-state index < -0.39 is 36.0 Å². The van der Waals surface area contributed by atoms with Gasteiger partial charge in [-0.15, -0.1) is 11.3 Å². The number of amides is 4. The van der Waals surface area contributed by atoms with Gasteiger partial charge in [0.15, 0.2) is 12.4 Å². The van der Waals surface area contributed by atoms with E-state index in [9.17, 15) is 24.0 Å². The van der Waals surface area contributed by atoms with Crippen LogP contribution in [0.2, 0.25) is 0 Å². The lowest BCUT2D eigenvalue weighted by Crippen LogP contribution is -2.51. The van der Waals surface area contributed by atoms with Crippen LogP contribution >= 0.6 is 11.3 Å². The van der Waals surface area contributed by atoms with E-state index in [-0.39, 0.29) is 18.6 Å². The Morgan fingerprint density at radius 2 is 1.90 bits per heavy atom. The third-order valence-corrected chi connectivity index (χ3v) is 6.08. The average Bonchev–Trinajstić information content (AvgIpc) is 3.22. The zero-order valence-corrected chi connectivity index (χ0v) is 16.9. The van der Waals surface area contributed by atoms with Gasteiger partial charge in [-0.3, -0.25) is 24.6 Å². The standard InChI is InChI=1S/C19H23N3O6S/c1-12-5-7-14(29-12)13(23)6-8-16(25)28-11-15(24)21-22-17(26)19(20-18(22)27)9-3-2-4-10-19/h5,7H,2-4,6,8-11H2,1H3,(H,20,27)(H,21,24). The molecule has 29 heavy (non-hydrogen) atoms. The van der Waals surface area contributed by atoms with Crippen molar-refractivity contribution in [2.75, 3.05) is 6.61 Å². The predicted octanol–water partition coefficient (Wildman–Crippen LogP) is 1.85. The number of carbonyl (C=O) groups is 5. The largest absolute Gasteiger partial charge is 0.455 e. The van der Waals surface area contributed by atoms with Crippen molar-refractivity contribution in [3.8, 4) is 0 Å². The molecule has 9 nitrogen and oxygen atoms in total. The van der Waals surface area contributed by atoms with Crippen LogP contribution in [-0.2, 0) is 19.1 Å². The van der Waals surface area contributed by atoms with Crippen LogP contribution in [0.4, 0.5) is 4.79 Å². The number of hydrogen-bond acceptors (Lipinski definition) is 7. The first-order valence-electron chi connectivity index (χ1n) is 9.52. The number of thiophene rings is 1. The number of hydrazine groups is 1. The summed E-state index contributed by atoms with van der Waals surface area (Å²) in [5, 5.41) is 3.32. The van der Waals surface area contributed by atoms with E-state index in [4.69, 9.17) is 4.74 Å². The minimum Gasteiger partial charge on any atom is -0.455 e. The molecular weight excluding hydrogens is 398 g/mol. The maximum absolute atomic E-state index is 12.6. The van der Waals surface area contributed by atoms with Gasteiger partial charge in [0.2, 0.25) is 0 Å². The molecule has 1 aliphatic heterocycles. The Bertz CT molecular complexity index is 843. The van der Waals surface area contributed by atoms with Gasteiger partial charge in [0.05, 0.1) is 11.3 Å². The van der Waals surface area contributed by atoms with Gasteiger partial charge in [0, 0.05) is 11.3 Å². The molecule has 156 valence electrons. The van der Waals surface area contributed by atoms with E-state index in [2.05, 4.69) is 10.7 Å². The normalized spacial score (nSPS) is 17.9. The molecule has 0 atom stereocenters. The molecule has 1 saturated heterocycles. The molecule has 1 saturated carbocycles. The van der Waals surface area contributed by atoms with Gasteiger partial charge >= 0.3 is 12.0 Å². The van der Waals surface area contributed by atoms with E-state index in [1.165, 1.54) is 11.3 Å². The summed E-state index contributed by atoms with van der Waals surface area (Å²) < 4.78 is 4.84. The number of ketones is 1. The summed E-state index contributed by atoms with van der Waals surface area (Å²) in [5.41, 5.74) is 1.24. The molecule has 10 heteroatoms. The summed E-state index contributed by atoms with van der Waals surface area (Å²) in [6.07, 6.45) is 3.56. The zero-order chi connectivity index (χ0) is 21.0. The van der Waals surface area contributed by atoms with Crippen LogP contribution in [-0.4, -0.2) is 46.8 Å². The minimum absolute atomic E-state index is 0.0179. The Balaban J connectivity index is 1.42. The molecule has 1 spiro atoms. The van der Waals surface area contributed by atoms with Crippen LogP contribution in [0, 0.1) is 6.92 Å². The lowest BCUT2D eigenvalue weighted by atomic mass is 9.82. The highest BCUT2D eigenvalue weighted by Gasteiger charge is 2.52. The first kappa shape index (κ1) is 21.0. The molecule has 0 aromatic carbocycles. The quantitative estimate of drug-likeness (QED) is 0.394. The fourth-order valence-corrected chi connectivity index (χ4v) is 4.35. The number of imide groups is 1. The topological polar surface area (TPSA) is 122 Å². The maximum atomic E-state index is 12.6. The van der Waals surface area contributed by atoms with Crippen molar-refractivity contribution in [1.29, 1.82) is 0 Å². The number of carbonyl (C=O) groups excluding carboxylic acids is 5. The second kappa shape index (κ2) is 8.73. The van der Waals surface area contributed by atoms with Crippen molar-refractivity contribution < 1.29 is 28.7 Å². The molecule has 4 amide bonds. The average molecular weight is 421 g/mol. The maximum Gasteiger partial charge on any atom is 0.344 e. The van der Waals surface area contributed by atoms with Gasteiger partial charge in [-0.05, 0) is 31.9 Å². The molecular formula is C19H23N3O6S. The van der Waals surface area contributed by atoms with E-state index in [0.717, 1.165) is 24.1 Å². The molecule has 1 aromatic rings. The number of aryl methyl sites for hydroxylation is 1. The van der Waals surface area contributed by atoms with E-state index in [1.807, 2.05) is 13.0 Å². The summed E-state index contributed by atoms with van der Waals surface area (Å²) in [4.78, 5) is 62.0. The van der Waals surface area contributed by atoms with Crippen LogP contribution in [0.5, 0.6) is 0 Å². The minimum atomic E-state index is -0.945. The van der Waals surface area contributed by atoms with Crippen LogP contribution in [0.25, 0.3) is 0 Å². The van der Waals surface area contributed by atoms with Gasteiger partial charge in [-0.2, -0.15) is 5.01 Å². The fraction of sp³-hybridized carbons (Fsp3) is 0.526. The van der Waals surface area contributed by atoms with E-state index in [1.54, 1.807) is 6.07 Å². The Morgan fingerprint density at radius 3 is 2.55 bits per heavy atom. The second-order valence-electron chi connectivity index (χ2n) is 7.24. The van der Waals surface area contributed by atoms with Gasteiger partial charge < -0.3 is 10.1 Å². The Labute approximate surface area is 171 Å². The third-order valence-electron chi connectivity index (χ3n) is 5.04. The molecule has 1 aromatic heterocycles. The van der Waals surface area contributed by atoms with E-state index >= 15 is 0 Å². The number of rotatable bonds is 7. The molecule has 0 bridgehead atoms. The van der Waals surface area contributed by atoms with Gasteiger partial charge in [-0.25, -0.2) is 4.79 Å². The van der Waals surface area contributed by atoms with Crippen LogP contribution in [0.3, 0.4) is 0 Å². The third kappa shape index (κ3) is 4.81. The number of nitrogens with one attached hydrogen (secondary N) is 2. The van der Waals surface area contributed by atoms with Crippen LogP contribution < -0.4 is 10.7 Å². The Morgan fingerprint density at radius 1 is 1.17 bits per heavy atom. The molecule has 2 aliphatic rings. The first-order chi connectivity index (χ1) is 13.8. The van der Waals surface area contributed by atoms with Crippen LogP contribution in [0.1, 0.15) is 59.5 Å². The van der Waals surface area contributed by atoms with Crippen LogP contribution in [0.15, 0.2) is 12.1 Å². The monoisotopic (exact) mass is 421 g/mol. The number of urea groups is 1. The SMILES string of the molecule is Cc1ccc(C(=O)CCC(=O)OCC(=O)NN2C(=O)NC3(CCCCC3)C2=O)s1. The van der Waals surface area contributed by atoms with Crippen molar-refractivity contribution in [3.63, 3.8) is 0 Å².